The van der Waals surface area contributed by atoms with Crippen LogP contribution in [0.15, 0.2) is 0 Å². The number of esters is 1. The summed E-state index contributed by atoms with van der Waals surface area (Å²) >= 11 is 0. The minimum atomic E-state index is -0.518. The van der Waals surface area contributed by atoms with Gasteiger partial charge in [0.2, 0.25) is 5.91 Å². The predicted octanol–water partition coefficient (Wildman–Crippen LogP) is 1.48. The SMILES string of the molecule is CC(C)[C@@H](CC(=O)OC(C)(C)C)C(N)=O. The smallest absolute Gasteiger partial charge is 0.307 e. The maximum atomic E-state index is 11.4. The largest absolute Gasteiger partial charge is 0.460 e. The fraction of sp³-hybridized carbons (Fsp3) is 0.818. The first-order valence-corrected chi connectivity index (χ1v) is 5.14. The molecule has 88 valence electrons. The molecule has 0 unspecified atom stereocenters. The molecule has 0 aliphatic rings. The molecule has 0 aromatic heterocycles. The van der Waals surface area contributed by atoms with Crippen LogP contribution in [0.1, 0.15) is 41.0 Å². The minimum absolute atomic E-state index is 0.0509. The van der Waals surface area contributed by atoms with E-state index in [1.807, 2.05) is 13.8 Å². The summed E-state index contributed by atoms with van der Waals surface area (Å²) in [6.07, 6.45) is 0.0598. The topological polar surface area (TPSA) is 69.4 Å². The highest BCUT2D eigenvalue weighted by Gasteiger charge is 2.26. The molecule has 2 N–H and O–H groups in total. The van der Waals surface area contributed by atoms with Gasteiger partial charge < -0.3 is 10.5 Å². The van der Waals surface area contributed by atoms with Crippen molar-refractivity contribution < 1.29 is 14.3 Å². The molecule has 15 heavy (non-hydrogen) atoms. The number of carbonyl (C=O) groups excluding carboxylic acids is 2. The second-order valence-corrected chi connectivity index (χ2v) is 5.04. The van der Waals surface area contributed by atoms with E-state index in [9.17, 15) is 9.59 Å². The second kappa shape index (κ2) is 5.14. The summed E-state index contributed by atoms with van der Waals surface area (Å²) in [7, 11) is 0. The summed E-state index contributed by atoms with van der Waals surface area (Å²) < 4.78 is 5.12. The van der Waals surface area contributed by atoms with Crippen molar-refractivity contribution in [2.45, 2.75) is 46.6 Å². The van der Waals surface area contributed by atoms with Gasteiger partial charge in [0, 0.05) is 0 Å². The zero-order valence-corrected chi connectivity index (χ0v) is 10.2. The van der Waals surface area contributed by atoms with Crippen molar-refractivity contribution in [2.75, 3.05) is 0 Å². The highest BCUT2D eigenvalue weighted by molar-refractivity contribution is 5.82. The summed E-state index contributed by atoms with van der Waals surface area (Å²) in [5, 5.41) is 0. The average molecular weight is 215 g/mol. The first-order valence-electron chi connectivity index (χ1n) is 5.14. The van der Waals surface area contributed by atoms with Crippen LogP contribution in [0, 0.1) is 11.8 Å². The van der Waals surface area contributed by atoms with Crippen LogP contribution >= 0.6 is 0 Å². The van der Waals surface area contributed by atoms with Gasteiger partial charge in [0.1, 0.15) is 5.60 Å². The van der Waals surface area contributed by atoms with E-state index in [0.717, 1.165) is 0 Å². The zero-order chi connectivity index (χ0) is 12.2. The van der Waals surface area contributed by atoms with Crippen LogP contribution in [0.25, 0.3) is 0 Å². The third kappa shape index (κ3) is 6.10. The number of nitrogens with two attached hydrogens (primary N) is 1. The molecule has 0 saturated heterocycles. The van der Waals surface area contributed by atoms with Crippen molar-refractivity contribution in [1.82, 2.24) is 0 Å². The van der Waals surface area contributed by atoms with E-state index in [1.54, 1.807) is 20.8 Å². The Morgan fingerprint density at radius 1 is 1.27 bits per heavy atom. The van der Waals surface area contributed by atoms with Gasteiger partial charge in [-0.3, -0.25) is 9.59 Å². The Morgan fingerprint density at radius 3 is 2.00 bits per heavy atom. The van der Waals surface area contributed by atoms with Crippen LogP contribution in [-0.2, 0) is 14.3 Å². The van der Waals surface area contributed by atoms with E-state index in [1.165, 1.54) is 0 Å². The van der Waals surface area contributed by atoms with Gasteiger partial charge in [0.15, 0.2) is 0 Å². The number of hydrogen-bond donors (Lipinski definition) is 1. The summed E-state index contributed by atoms with van der Waals surface area (Å²) in [6, 6.07) is 0. The first-order chi connectivity index (χ1) is 6.63. The van der Waals surface area contributed by atoms with Crippen molar-refractivity contribution in [1.29, 1.82) is 0 Å². The molecular formula is C11H21NO3. The average Bonchev–Trinajstić information content (AvgIpc) is 1.95. The van der Waals surface area contributed by atoms with Crippen LogP contribution in [0.3, 0.4) is 0 Å². The molecule has 0 spiro atoms. The van der Waals surface area contributed by atoms with Gasteiger partial charge in [0.25, 0.3) is 0 Å². The van der Waals surface area contributed by atoms with Crippen LogP contribution in [0.2, 0.25) is 0 Å². The molecule has 0 aliphatic heterocycles. The van der Waals surface area contributed by atoms with Crippen molar-refractivity contribution in [2.24, 2.45) is 17.6 Å². The van der Waals surface area contributed by atoms with Crippen LogP contribution in [0.4, 0.5) is 0 Å². The van der Waals surface area contributed by atoms with Gasteiger partial charge in [-0.05, 0) is 26.7 Å². The van der Waals surface area contributed by atoms with Crippen molar-refractivity contribution >= 4 is 11.9 Å². The first kappa shape index (κ1) is 13.9. The molecule has 0 bridgehead atoms. The predicted molar refractivity (Wildman–Crippen MR) is 58.0 cm³/mol. The van der Waals surface area contributed by atoms with E-state index in [4.69, 9.17) is 10.5 Å². The van der Waals surface area contributed by atoms with Gasteiger partial charge in [0.05, 0.1) is 12.3 Å². The summed E-state index contributed by atoms with van der Waals surface area (Å²) in [4.78, 5) is 22.5. The molecule has 0 radical (unpaired) electrons. The van der Waals surface area contributed by atoms with E-state index >= 15 is 0 Å². The molecule has 0 saturated carbocycles. The van der Waals surface area contributed by atoms with Crippen molar-refractivity contribution in [3.05, 3.63) is 0 Å². The van der Waals surface area contributed by atoms with Gasteiger partial charge in [-0.1, -0.05) is 13.8 Å². The highest BCUT2D eigenvalue weighted by atomic mass is 16.6. The highest BCUT2D eigenvalue weighted by Crippen LogP contribution is 2.17. The lowest BCUT2D eigenvalue weighted by atomic mass is 9.92. The van der Waals surface area contributed by atoms with Crippen molar-refractivity contribution in [3.63, 3.8) is 0 Å². The third-order valence-corrected chi connectivity index (χ3v) is 1.98. The van der Waals surface area contributed by atoms with E-state index in [-0.39, 0.29) is 18.3 Å². The lowest BCUT2D eigenvalue weighted by Gasteiger charge is -2.22. The van der Waals surface area contributed by atoms with Crippen LogP contribution in [0.5, 0.6) is 0 Å². The lowest BCUT2D eigenvalue weighted by Crippen LogP contribution is -2.32. The van der Waals surface area contributed by atoms with Gasteiger partial charge in [-0.15, -0.1) is 0 Å². The molecule has 4 nitrogen and oxygen atoms in total. The molecule has 0 fully saturated rings. The number of carbonyl (C=O) groups is 2. The second-order valence-electron chi connectivity index (χ2n) is 5.04. The molecule has 0 aliphatic carbocycles. The van der Waals surface area contributed by atoms with Crippen LogP contribution in [-0.4, -0.2) is 17.5 Å². The molecule has 0 heterocycles. The molecule has 0 rings (SSSR count). The number of primary amides is 1. The van der Waals surface area contributed by atoms with Crippen molar-refractivity contribution in [3.8, 4) is 0 Å². The minimum Gasteiger partial charge on any atom is -0.460 e. The zero-order valence-electron chi connectivity index (χ0n) is 10.2. The van der Waals surface area contributed by atoms with E-state index in [2.05, 4.69) is 0 Å². The number of rotatable bonds is 4. The Balaban J connectivity index is 4.31. The van der Waals surface area contributed by atoms with Gasteiger partial charge in [-0.25, -0.2) is 0 Å². The third-order valence-electron chi connectivity index (χ3n) is 1.98. The molecule has 4 heteroatoms. The molecule has 1 atom stereocenters. The fourth-order valence-corrected chi connectivity index (χ4v) is 1.23. The van der Waals surface area contributed by atoms with Gasteiger partial charge in [-0.2, -0.15) is 0 Å². The Hall–Kier alpha value is -1.06. The maximum absolute atomic E-state index is 11.4. The Bertz CT molecular complexity index is 241. The molecule has 0 aromatic carbocycles. The Kier molecular flexibility index (Phi) is 4.78. The summed E-state index contributed by atoms with van der Waals surface area (Å²) in [6.45, 7) is 9.10. The monoisotopic (exact) mass is 215 g/mol. The Labute approximate surface area is 91.2 Å². The molecule has 0 aromatic rings. The standard InChI is InChI=1S/C11H21NO3/c1-7(2)8(10(12)14)6-9(13)15-11(3,4)5/h7-8H,6H2,1-5H3,(H2,12,14)/t8-/m1/s1. The summed E-state index contributed by atoms with van der Waals surface area (Å²) in [5.41, 5.74) is 4.69. The van der Waals surface area contributed by atoms with E-state index in [0.29, 0.717) is 0 Å². The number of amides is 1. The van der Waals surface area contributed by atoms with E-state index < -0.39 is 17.4 Å². The molecular weight excluding hydrogens is 194 g/mol. The quantitative estimate of drug-likeness (QED) is 0.722. The van der Waals surface area contributed by atoms with Gasteiger partial charge >= 0.3 is 5.97 Å². The number of hydrogen-bond acceptors (Lipinski definition) is 3. The summed E-state index contributed by atoms with van der Waals surface area (Å²) in [5.74, 6) is -1.22. The normalized spacial score (nSPS) is 13.7. The lowest BCUT2D eigenvalue weighted by molar-refractivity contribution is -0.157. The fourth-order valence-electron chi connectivity index (χ4n) is 1.23. The maximum Gasteiger partial charge on any atom is 0.307 e. The molecule has 1 amide bonds. The Morgan fingerprint density at radius 2 is 1.73 bits per heavy atom. The van der Waals surface area contributed by atoms with Crippen LogP contribution < -0.4 is 5.73 Å². The number of ether oxygens (including phenoxy) is 1.